The number of benzene rings is 1. The number of hydrogen-bond acceptors (Lipinski definition) is 5. The first-order valence-corrected chi connectivity index (χ1v) is 9.41. The summed E-state index contributed by atoms with van der Waals surface area (Å²) in [6.07, 6.45) is 4.41. The van der Waals surface area contributed by atoms with Gasteiger partial charge in [-0.15, -0.1) is 11.8 Å². The second-order valence-corrected chi connectivity index (χ2v) is 6.58. The number of nitrogens with zero attached hydrogens (tertiary/aromatic N) is 2. The average molecular weight is 340 g/mol. The maximum absolute atomic E-state index is 4.26. The second kappa shape index (κ2) is 8.64. The molecule has 4 nitrogen and oxygen atoms in total. The Balaban J connectivity index is 1.56. The normalized spacial score (nSPS) is 14.7. The van der Waals surface area contributed by atoms with Crippen LogP contribution in [0.2, 0.25) is 0 Å². The van der Waals surface area contributed by atoms with Crippen LogP contribution in [-0.2, 0) is 0 Å². The number of rotatable bonds is 7. The van der Waals surface area contributed by atoms with Crippen molar-refractivity contribution in [3.05, 3.63) is 59.6 Å². The molecule has 1 aromatic carbocycles. The zero-order valence-corrected chi connectivity index (χ0v) is 14.9. The molecule has 0 amide bonds. The van der Waals surface area contributed by atoms with Crippen LogP contribution < -0.4 is 15.5 Å². The monoisotopic (exact) mass is 340 g/mol. The van der Waals surface area contributed by atoms with Gasteiger partial charge in [-0.2, -0.15) is 0 Å². The van der Waals surface area contributed by atoms with Crippen molar-refractivity contribution in [2.75, 3.05) is 36.2 Å². The molecular formula is C19H24N4S. The van der Waals surface area contributed by atoms with Crippen LogP contribution in [0.25, 0.3) is 5.70 Å². The first-order chi connectivity index (χ1) is 11.9. The molecule has 1 saturated heterocycles. The number of anilines is 2. The van der Waals surface area contributed by atoms with E-state index in [-0.39, 0.29) is 0 Å². The van der Waals surface area contributed by atoms with Gasteiger partial charge < -0.3 is 15.5 Å². The molecule has 3 rings (SSSR count). The molecule has 0 saturated carbocycles. The van der Waals surface area contributed by atoms with E-state index in [1.807, 2.05) is 25.2 Å². The Kier molecular flexibility index (Phi) is 6.01. The molecule has 2 N–H and O–H groups in total. The largest absolute Gasteiger partial charge is 0.387 e. The summed E-state index contributed by atoms with van der Waals surface area (Å²) in [5, 5.41) is 8.74. The molecule has 0 aliphatic carbocycles. The van der Waals surface area contributed by atoms with Crippen molar-refractivity contribution in [3.63, 3.8) is 0 Å². The molecule has 0 bridgehead atoms. The van der Waals surface area contributed by atoms with Crippen molar-refractivity contribution < 1.29 is 0 Å². The quantitative estimate of drug-likeness (QED) is 0.589. The molecular weight excluding hydrogens is 316 g/mol. The van der Waals surface area contributed by atoms with Gasteiger partial charge in [0.1, 0.15) is 5.82 Å². The lowest BCUT2D eigenvalue weighted by Gasteiger charge is -2.18. The van der Waals surface area contributed by atoms with E-state index in [4.69, 9.17) is 0 Å². The van der Waals surface area contributed by atoms with Crippen LogP contribution in [0.3, 0.4) is 0 Å². The van der Waals surface area contributed by atoms with Crippen molar-refractivity contribution in [2.24, 2.45) is 0 Å². The van der Waals surface area contributed by atoms with Gasteiger partial charge in [-0.25, -0.2) is 4.98 Å². The predicted octanol–water partition coefficient (Wildman–Crippen LogP) is 4.00. The third kappa shape index (κ3) is 4.45. The lowest BCUT2D eigenvalue weighted by Crippen LogP contribution is -2.17. The van der Waals surface area contributed by atoms with Gasteiger partial charge in [-0.05, 0) is 48.1 Å². The molecule has 2 aromatic rings. The van der Waals surface area contributed by atoms with Crippen LogP contribution in [0.15, 0.2) is 54.1 Å². The van der Waals surface area contributed by atoms with Gasteiger partial charge in [-0.3, -0.25) is 0 Å². The van der Waals surface area contributed by atoms with E-state index >= 15 is 0 Å². The van der Waals surface area contributed by atoms with Gasteiger partial charge in [0.15, 0.2) is 0 Å². The number of aromatic nitrogens is 1. The summed E-state index contributed by atoms with van der Waals surface area (Å²) >= 11 is 1.72. The molecule has 1 aliphatic heterocycles. The van der Waals surface area contributed by atoms with Gasteiger partial charge in [0.05, 0.1) is 5.88 Å². The molecule has 0 atom stereocenters. The molecule has 2 heterocycles. The van der Waals surface area contributed by atoms with E-state index < -0.39 is 0 Å². The molecule has 1 fully saturated rings. The van der Waals surface area contributed by atoms with Crippen molar-refractivity contribution in [1.82, 2.24) is 10.3 Å². The van der Waals surface area contributed by atoms with Crippen LogP contribution in [0.5, 0.6) is 0 Å². The minimum Gasteiger partial charge on any atom is -0.387 e. The van der Waals surface area contributed by atoms with Crippen molar-refractivity contribution >= 4 is 29.0 Å². The predicted molar refractivity (Wildman–Crippen MR) is 105 cm³/mol. The van der Waals surface area contributed by atoms with E-state index in [0.29, 0.717) is 0 Å². The van der Waals surface area contributed by atoms with Crippen LogP contribution in [0.1, 0.15) is 18.4 Å². The lowest BCUT2D eigenvalue weighted by molar-refractivity contribution is 0.949. The second-order valence-electron chi connectivity index (χ2n) is 5.73. The van der Waals surface area contributed by atoms with Gasteiger partial charge in [0.25, 0.3) is 0 Å². The number of pyridine rings is 1. The standard InChI is InChI=1S/C19H24N4S/c1-20-18(14-24-15-22-19-6-2-3-11-21-19)16-7-9-17(10-8-16)23-12-4-5-13-23/h2-3,6-11,14,20H,4-5,12-13,15H2,1H3,(H,21,22)/b18-14-. The van der Waals surface area contributed by atoms with E-state index in [1.54, 1.807) is 18.0 Å². The highest BCUT2D eigenvalue weighted by Crippen LogP contribution is 2.23. The molecule has 5 heteroatoms. The van der Waals surface area contributed by atoms with Crippen molar-refractivity contribution in [3.8, 4) is 0 Å². The Labute approximate surface area is 148 Å². The molecule has 126 valence electrons. The zero-order chi connectivity index (χ0) is 16.6. The number of hydrogen-bond donors (Lipinski definition) is 2. The summed E-state index contributed by atoms with van der Waals surface area (Å²) in [6, 6.07) is 14.7. The summed E-state index contributed by atoms with van der Waals surface area (Å²) in [6.45, 7) is 2.37. The maximum atomic E-state index is 4.26. The van der Waals surface area contributed by atoms with E-state index in [0.717, 1.165) is 17.4 Å². The topological polar surface area (TPSA) is 40.2 Å². The highest BCUT2D eigenvalue weighted by Gasteiger charge is 2.12. The Hall–Kier alpha value is -2.14. The fourth-order valence-corrected chi connectivity index (χ4v) is 3.54. The molecule has 0 radical (unpaired) electrons. The molecule has 24 heavy (non-hydrogen) atoms. The van der Waals surface area contributed by atoms with Crippen LogP contribution in [0.4, 0.5) is 11.5 Å². The summed E-state index contributed by atoms with van der Waals surface area (Å²) < 4.78 is 0. The highest BCUT2D eigenvalue weighted by atomic mass is 32.2. The number of nitrogens with one attached hydrogen (secondary N) is 2. The summed E-state index contributed by atoms with van der Waals surface area (Å²) in [4.78, 5) is 6.71. The summed E-state index contributed by atoms with van der Waals surface area (Å²) in [5.41, 5.74) is 3.68. The fourth-order valence-electron chi connectivity index (χ4n) is 2.81. The summed E-state index contributed by atoms with van der Waals surface area (Å²) in [7, 11) is 1.97. The molecule has 0 spiro atoms. The molecule has 1 aliphatic rings. The van der Waals surface area contributed by atoms with E-state index in [2.05, 4.69) is 50.2 Å². The first kappa shape index (κ1) is 16.7. The summed E-state index contributed by atoms with van der Waals surface area (Å²) in [5.74, 6) is 1.69. The smallest absolute Gasteiger partial charge is 0.126 e. The van der Waals surface area contributed by atoms with E-state index in [9.17, 15) is 0 Å². The van der Waals surface area contributed by atoms with Crippen LogP contribution in [-0.4, -0.2) is 31.0 Å². The third-order valence-electron chi connectivity index (χ3n) is 4.12. The van der Waals surface area contributed by atoms with Gasteiger partial charge >= 0.3 is 0 Å². The average Bonchev–Trinajstić information content (AvgIpc) is 3.18. The van der Waals surface area contributed by atoms with Gasteiger partial charge in [-0.1, -0.05) is 18.2 Å². The van der Waals surface area contributed by atoms with Crippen LogP contribution >= 0.6 is 11.8 Å². The number of thioether (sulfide) groups is 1. The van der Waals surface area contributed by atoms with Crippen molar-refractivity contribution in [2.45, 2.75) is 12.8 Å². The Morgan fingerprint density at radius 1 is 1.17 bits per heavy atom. The Morgan fingerprint density at radius 2 is 1.96 bits per heavy atom. The van der Waals surface area contributed by atoms with Crippen molar-refractivity contribution in [1.29, 1.82) is 0 Å². The lowest BCUT2D eigenvalue weighted by atomic mass is 10.1. The third-order valence-corrected chi connectivity index (χ3v) is 4.83. The fraction of sp³-hybridized carbons (Fsp3) is 0.316. The molecule has 0 unspecified atom stereocenters. The minimum absolute atomic E-state index is 0.786. The van der Waals surface area contributed by atoms with E-state index in [1.165, 1.54) is 37.2 Å². The molecule has 1 aromatic heterocycles. The Morgan fingerprint density at radius 3 is 2.62 bits per heavy atom. The zero-order valence-electron chi connectivity index (χ0n) is 14.0. The first-order valence-electron chi connectivity index (χ1n) is 8.36. The van der Waals surface area contributed by atoms with Gasteiger partial charge in [0, 0.05) is 37.7 Å². The minimum atomic E-state index is 0.786. The maximum Gasteiger partial charge on any atom is 0.126 e. The van der Waals surface area contributed by atoms with Crippen LogP contribution in [0, 0.1) is 0 Å². The highest BCUT2D eigenvalue weighted by molar-refractivity contribution is 8.02. The Bertz CT molecular complexity index is 649. The van der Waals surface area contributed by atoms with Gasteiger partial charge in [0.2, 0.25) is 0 Å². The SMILES string of the molecule is CN/C(=C\SCNc1ccccn1)c1ccc(N2CCCC2)cc1.